The largest absolute Gasteiger partial charge is 0.457 e. The molecule has 0 aliphatic heterocycles. The monoisotopic (exact) mass is 758 g/mol. The molecule has 0 fully saturated rings. The Kier molecular flexibility index (Phi) is 7.40. The summed E-state index contributed by atoms with van der Waals surface area (Å²) in [7, 11) is 0. The number of rotatable bonds is 6. The number of nitrogens with zero attached hydrogens (tertiary/aromatic N) is 2. The second kappa shape index (κ2) is 13.1. The number of fused-ring (bicyclic) bond motifs is 9. The van der Waals surface area contributed by atoms with Gasteiger partial charge in [-0.3, -0.25) is 0 Å². The molecule has 272 valence electrons. The lowest BCUT2D eigenvalue weighted by Crippen LogP contribution is -1.96. The first-order valence-corrected chi connectivity index (χ1v) is 20.5. The highest BCUT2D eigenvalue weighted by Gasteiger charge is 2.18. The molecule has 0 N–H and O–H groups in total. The van der Waals surface area contributed by atoms with Crippen LogP contribution in [0.2, 0.25) is 0 Å². The molecule has 9 aromatic carbocycles. The molecule has 0 atom stereocenters. The predicted molar refractivity (Wildman–Crippen MR) is 245 cm³/mol. The number of hydrogen-bond acceptors (Lipinski definition) is 2. The summed E-state index contributed by atoms with van der Waals surface area (Å²) >= 11 is 1.85. The van der Waals surface area contributed by atoms with E-state index in [1.165, 1.54) is 58.7 Å². The minimum absolute atomic E-state index is 0.802. The fraction of sp³-hybridized carbons (Fsp3) is 0. The molecule has 0 unspecified atom stereocenters. The van der Waals surface area contributed by atoms with Crippen LogP contribution in [-0.2, 0) is 0 Å². The van der Waals surface area contributed by atoms with Gasteiger partial charge >= 0.3 is 0 Å². The summed E-state index contributed by atoms with van der Waals surface area (Å²) in [5.41, 5.74) is 11.6. The van der Waals surface area contributed by atoms with Crippen LogP contribution in [0.3, 0.4) is 0 Å². The smallest absolute Gasteiger partial charge is 0.128 e. The molecular weight excluding hydrogens is 725 g/mol. The van der Waals surface area contributed by atoms with Gasteiger partial charge in [0, 0.05) is 53.1 Å². The van der Waals surface area contributed by atoms with Crippen LogP contribution in [0, 0.1) is 0 Å². The molecule has 3 aromatic heterocycles. The van der Waals surface area contributed by atoms with E-state index in [1.807, 2.05) is 11.3 Å². The number of aromatic nitrogens is 2. The molecule has 0 bridgehead atoms. The third-order valence-electron chi connectivity index (χ3n) is 11.5. The maximum atomic E-state index is 6.75. The highest BCUT2D eigenvalue weighted by molar-refractivity contribution is 7.25. The Labute approximate surface area is 338 Å². The van der Waals surface area contributed by atoms with Crippen molar-refractivity contribution < 1.29 is 4.74 Å². The third-order valence-corrected chi connectivity index (χ3v) is 12.7. The lowest BCUT2D eigenvalue weighted by molar-refractivity contribution is 0.484. The predicted octanol–water partition coefficient (Wildman–Crippen LogP) is 15.4. The van der Waals surface area contributed by atoms with Crippen molar-refractivity contribution in [2.75, 3.05) is 0 Å². The van der Waals surface area contributed by atoms with Gasteiger partial charge in [-0.05, 0) is 113 Å². The van der Waals surface area contributed by atoms with Gasteiger partial charge in [-0.25, -0.2) is 0 Å². The van der Waals surface area contributed by atoms with Crippen LogP contribution in [0.1, 0.15) is 0 Å². The standard InChI is InChI=1S/C54H34N2OS/c1-3-13-35(14-4-1)37-29-38(36-15-5-2-6-16-36)31-40(30-37)56-50-21-11-8-18-44(50)47-34-42(25-27-52(47)56)57-41-24-26-51-46(33-41)43-17-7-10-20-49(43)55(51)39-23-28-54-48(32-39)45-19-9-12-22-53(45)58-54/h1-34H. The average Bonchev–Trinajstić information content (AvgIpc) is 3.94. The van der Waals surface area contributed by atoms with Crippen molar-refractivity contribution in [3.63, 3.8) is 0 Å². The fourth-order valence-electron chi connectivity index (χ4n) is 8.91. The molecule has 12 aromatic rings. The van der Waals surface area contributed by atoms with Gasteiger partial charge in [0.15, 0.2) is 0 Å². The summed E-state index contributed by atoms with van der Waals surface area (Å²) in [5, 5.41) is 7.29. The Morgan fingerprint density at radius 3 is 1.38 bits per heavy atom. The number of ether oxygens (including phenoxy) is 1. The number of benzene rings is 9. The summed E-state index contributed by atoms with van der Waals surface area (Å²) in [6.45, 7) is 0. The molecule has 58 heavy (non-hydrogen) atoms. The first-order chi connectivity index (χ1) is 28.7. The zero-order chi connectivity index (χ0) is 38.2. The van der Waals surface area contributed by atoms with Crippen molar-refractivity contribution >= 4 is 75.1 Å². The Morgan fingerprint density at radius 1 is 0.293 bits per heavy atom. The topological polar surface area (TPSA) is 19.1 Å². The Hall–Kier alpha value is -7.40. The second-order valence-corrected chi connectivity index (χ2v) is 16.0. The number of thiophene rings is 1. The van der Waals surface area contributed by atoms with Crippen LogP contribution >= 0.6 is 11.3 Å². The number of para-hydroxylation sites is 2. The molecule has 12 rings (SSSR count). The lowest BCUT2D eigenvalue weighted by atomic mass is 9.98. The molecule has 0 aliphatic rings. The van der Waals surface area contributed by atoms with Crippen molar-refractivity contribution in [2.24, 2.45) is 0 Å². The van der Waals surface area contributed by atoms with E-state index in [1.54, 1.807) is 0 Å². The quantitative estimate of drug-likeness (QED) is 0.165. The van der Waals surface area contributed by atoms with E-state index in [0.717, 1.165) is 50.2 Å². The maximum absolute atomic E-state index is 6.75. The van der Waals surface area contributed by atoms with Gasteiger partial charge in [0.25, 0.3) is 0 Å². The molecule has 0 amide bonds. The van der Waals surface area contributed by atoms with Crippen molar-refractivity contribution in [2.45, 2.75) is 0 Å². The van der Waals surface area contributed by atoms with Crippen molar-refractivity contribution in [1.29, 1.82) is 0 Å². The summed E-state index contributed by atoms with van der Waals surface area (Å²) in [5.74, 6) is 1.61. The molecule has 0 aliphatic carbocycles. The average molecular weight is 759 g/mol. The van der Waals surface area contributed by atoms with Crippen molar-refractivity contribution in [1.82, 2.24) is 9.13 Å². The van der Waals surface area contributed by atoms with Gasteiger partial charge < -0.3 is 13.9 Å². The first kappa shape index (κ1) is 32.8. The van der Waals surface area contributed by atoms with Crippen LogP contribution in [-0.4, -0.2) is 9.13 Å². The zero-order valence-corrected chi connectivity index (χ0v) is 32.2. The maximum Gasteiger partial charge on any atom is 0.128 e. The minimum atomic E-state index is 0.802. The van der Waals surface area contributed by atoms with E-state index in [-0.39, 0.29) is 0 Å². The molecule has 0 saturated carbocycles. The lowest BCUT2D eigenvalue weighted by Gasteiger charge is -2.14. The van der Waals surface area contributed by atoms with Crippen LogP contribution in [0.25, 0.3) is 97.4 Å². The summed E-state index contributed by atoms with van der Waals surface area (Å²) in [4.78, 5) is 0. The van der Waals surface area contributed by atoms with E-state index in [9.17, 15) is 0 Å². The van der Waals surface area contributed by atoms with Gasteiger partial charge in [-0.15, -0.1) is 11.3 Å². The van der Waals surface area contributed by atoms with Crippen LogP contribution < -0.4 is 4.74 Å². The highest BCUT2D eigenvalue weighted by atomic mass is 32.1. The van der Waals surface area contributed by atoms with E-state index in [0.29, 0.717) is 0 Å². The third kappa shape index (κ3) is 5.27. The van der Waals surface area contributed by atoms with E-state index in [4.69, 9.17) is 4.74 Å². The molecule has 4 heteroatoms. The van der Waals surface area contributed by atoms with Crippen molar-refractivity contribution in [3.8, 4) is 45.1 Å². The fourth-order valence-corrected chi connectivity index (χ4v) is 10.00. The molecule has 3 heterocycles. The number of hydrogen-bond donors (Lipinski definition) is 0. The molecule has 0 saturated heterocycles. The Morgan fingerprint density at radius 2 is 0.776 bits per heavy atom. The van der Waals surface area contributed by atoms with Gasteiger partial charge in [-0.2, -0.15) is 0 Å². The van der Waals surface area contributed by atoms with E-state index in [2.05, 4.69) is 215 Å². The normalized spacial score (nSPS) is 11.8. The van der Waals surface area contributed by atoms with Crippen LogP contribution in [0.5, 0.6) is 11.5 Å². The SMILES string of the molecule is c1ccc(-c2cc(-c3ccccc3)cc(-n3c4ccccc4c4cc(Oc5ccc6c(c5)c5ccccc5n6-c5ccc6sc7ccccc7c6c5)ccc43)c2)cc1. The van der Waals surface area contributed by atoms with E-state index >= 15 is 0 Å². The van der Waals surface area contributed by atoms with Gasteiger partial charge in [0.2, 0.25) is 0 Å². The van der Waals surface area contributed by atoms with E-state index < -0.39 is 0 Å². The Bertz CT molecular complexity index is 3480. The first-order valence-electron chi connectivity index (χ1n) is 19.7. The van der Waals surface area contributed by atoms with Crippen LogP contribution in [0.15, 0.2) is 206 Å². The minimum Gasteiger partial charge on any atom is -0.457 e. The Balaban J connectivity index is 0.968. The molecule has 3 nitrogen and oxygen atoms in total. The second-order valence-electron chi connectivity index (χ2n) is 14.9. The molecule has 0 spiro atoms. The van der Waals surface area contributed by atoms with Crippen LogP contribution in [0.4, 0.5) is 0 Å². The van der Waals surface area contributed by atoms with Gasteiger partial charge in [0.1, 0.15) is 11.5 Å². The summed E-state index contributed by atoms with van der Waals surface area (Å²) in [6, 6.07) is 74.1. The van der Waals surface area contributed by atoms with Crippen molar-refractivity contribution in [3.05, 3.63) is 206 Å². The van der Waals surface area contributed by atoms with Gasteiger partial charge in [0.05, 0.1) is 22.1 Å². The highest BCUT2D eigenvalue weighted by Crippen LogP contribution is 2.41. The zero-order valence-electron chi connectivity index (χ0n) is 31.3. The molecule has 0 radical (unpaired) electrons. The molecular formula is C54H34N2OS. The summed E-state index contributed by atoms with van der Waals surface area (Å²) in [6.07, 6.45) is 0. The summed E-state index contributed by atoms with van der Waals surface area (Å²) < 4.78 is 14.2. The van der Waals surface area contributed by atoms with Gasteiger partial charge in [-0.1, -0.05) is 115 Å².